The van der Waals surface area contributed by atoms with Crippen LogP contribution in [-0.4, -0.2) is 25.9 Å². The van der Waals surface area contributed by atoms with Gasteiger partial charge < -0.3 is 14.8 Å². The molecule has 0 spiro atoms. The number of hydrogen-bond donors (Lipinski definition) is 1. The Labute approximate surface area is 137 Å². The number of amides is 1. The van der Waals surface area contributed by atoms with Gasteiger partial charge in [-0.15, -0.1) is 0 Å². The van der Waals surface area contributed by atoms with E-state index in [1.165, 1.54) is 31.4 Å². The lowest BCUT2D eigenvalue weighted by atomic mass is 10.2. The summed E-state index contributed by atoms with van der Waals surface area (Å²) in [6.45, 7) is -0.317. The summed E-state index contributed by atoms with van der Waals surface area (Å²) in [6, 6.07) is 8.46. The molecule has 7 heteroatoms. The maximum absolute atomic E-state index is 13.0. The number of carbonyl (C=O) groups is 2. The SMILES string of the molecule is COc1ccc(OCC(=O)Nc2ccc(F)c(Cl)c2)c(C=O)c1. The van der Waals surface area contributed by atoms with E-state index in [0.717, 1.165) is 6.07 Å². The summed E-state index contributed by atoms with van der Waals surface area (Å²) in [5, 5.41) is 2.42. The molecular weight excluding hydrogens is 325 g/mol. The Hall–Kier alpha value is -2.60. The Kier molecular flexibility index (Phi) is 5.54. The minimum atomic E-state index is -0.574. The third-order valence-corrected chi connectivity index (χ3v) is 3.20. The van der Waals surface area contributed by atoms with Crippen LogP contribution in [0.15, 0.2) is 36.4 Å². The second kappa shape index (κ2) is 7.60. The summed E-state index contributed by atoms with van der Waals surface area (Å²) < 4.78 is 23.3. The maximum Gasteiger partial charge on any atom is 0.262 e. The molecule has 0 bridgehead atoms. The molecule has 0 radical (unpaired) electrons. The molecule has 23 heavy (non-hydrogen) atoms. The zero-order valence-corrected chi connectivity index (χ0v) is 12.9. The first-order valence-electron chi connectivity index (χ1n) is 6.54. The number of ether oxygens (including phenoxy) is 2. The highest BCUT2D eigenvalue weighted by molar-refractivity contribution is 6.31. The average molecular weight is 338 g/mol. The summed E-state index contributed by atoms with van der Waals surface area (Å²) in [6.07, 6.45) is 0.607. The Morgan fingerprint density at radius 2 is 2.09 bits per heavy atom. The van der Waals surface area contributed by atoms with E-state index in [2.05, 4.69) is 5.32 Å². The molecule has 0 unspecified atom stereocenters. The van der Waals surface area contributed by atoms with Gasteiger partial charge in [0.15, 0.2) is 12.9 Å². The highest BCUT2D eigenvalue weighted by atomic mass is 35.5. The number of carbonyl (C=O) groups excluding carboxylic acids is 2. The number of anilines is 1. The molecule has 2 rings (SSSR count). The van der Waals surface area contributed by atoms with Gasteiger partial charge in [0.05, 0.1) is 17.7 Å². The van der Waals surface area contributed by atoms with Gasteiger partial charge in [0, 0.05) is 5.69 Å². The average Bonchev–Trinajstić information content (AvgIpc) is 2.56. The fraction of sp³-hybridized carbons (Fsp3) is 0.125. The van der Waals surface area contributed by atoms with Crippen LogP contribution in [0, 0.1) is 5.82 Å². The molecule has 0 fully saturated rings. The highest BCUT2D eigenvalue weighted by Gasteiger charge is 2.09. The van der Waals surface area contributed by atoms with E-state index in [0.29, 0.717) is 17.7 Å². The lowest BCUT2D eigenvalue weighted by Crippen LogP contribution is -2.20. The molecule has 0 aliphatic heterocycles. The molecule has 2 aromatic rings. The van der Waals surface area contributed by atoms with Crippen molar-refractivity contribution in [3.63, 3.8) is 0 Å². The smallest absolute Gasteiger partial charge is 0.262 e. The third-order valence-electron chi connectivity index (χ3n) is 2.91. The summed E-state index contributed by atoms with van der Waals surface area (Å²) in [7, 11) is 1.48. The number of halogens is 2. The van der Waals surface area contributed by atoms with Crippen LogP contribution in [-0.2, 0) is 4.79 Å². The quantitative estimate of drug-likeness (QED) is 0.821. The number of methoxy groups -OCH3 is 1. The van der Waals surface area contributed by atoms with Crippen LogP contribution in [0.4, 0.5) is 10.1 Å². The maximum atomic E-state index is 13.0. The highest BCUT2D eigenvalue weighted by Crippen LogP contribution is 2.23. The van der Waals surface area contributed by atoms with Crippen LogP contribution in [0.5, 0.6) is 11.5 Å². The van der Waals surface area contributed by atoms with Crippen molar-refractivity contribution in [3.05, 3.63) is 52.8 Å². The van der Waals surface area contributed by atoms with Crippen molar-refractivity contribution in [1.29, 1.82) is 0 Å². The predicted molar refractivity (Wildman–Crippen MR) is 83.9 cm³/mol. The van der Waals surface area contributed by atoms with E-state index < -0.39 is 11.7 Å². The topological polar surface area (TPSA) is 64.6 Å². The van der Waals surface area contributed by atoms with Crippen molar-refractivity contribution in [3.8, 4) is 11.5 Å². The molecule has 120 valence electrons. The number of benzene rings is 2. The summed E-state index contributed by atoms with van der Waals surface area (Å²) in [4.78, 5) is 22.8. The van der Waals surface area contributed by atoms with Gasteiger partial charge in [0.1, 0.15) is 17.3 Å². The molecule has 5 nitrogen and oxygen atoms in total. The molecular formula is C16H13ClFNO4. The minimum absolute atomic E-state index is 0.0953. The van der Waals surface area contributed by atoms with Crippen LogP contribution < -0.4 is 14.8 Å². The largest absolute Gasteiger partial charge is 0.497 e. The van der Waals surface area contributed by atoms with Gasteiger partial charge in [-0.2, -0.15) is 0 Å². The molecule has 0 aliphatic carbocycles. The monoisotopic (exact) mass is 337 g/mol. The second-order valence-corrected chi connectivity index (χ2v) is 4.89. The van der Waals surface area contributed by atoms with Gasteiger partial charge in [-0.1, -0.05) is 11.6 Å². The van der Waals surface area contributed by atoms with Gasteiger partial charge >= 0.3 is 0 Å². The van der Waals surface area contributed by atoms with E-state index in [1.807, 2.05) is 0 Å². The van der Waals surface area contributed by atoms with Crippen molar-refractivity contribution in [1.82, 2.24) is 0 Å². The number of nitrogens with one attached hydrogen (secondary N) is 1. The van der Waals surface area contributed by atoms with E-state index in [9.17, 15) is 14.0 Å². The van der Waals surface area contributed by atoms with Crippen LogP contribution in [0.3, 0.4) is 0 Å². The van der Waals surface area contributed by atoms with Gasteiger partial charge in [0.25, 0.3) is 5.91 Å². The van der Waals surface area contributed by atoms with Crippen molar-refractivity contribution in [2.75, 3.05) is 19.0 Å². The van der Waals surface area contributed by atoms with Crippen molar-refractivity contribution >= 4 is 29.5 Å². The molecule has 2 aromatic carbocycles. The van der Waals surface area contributed by atoms with Crippen LogP contribution in [0.2, 0.25) is 5.02 Å². The van der Waals surface area contributed by atoms with Crippen LogP contribution >= 0.6 is 11.6 Å². The Balaban J connectivity index is 1.98. The van der Waals surface area contributed by atoms with Crippen molar-refractivity contribution < 1.29 is 23.5 Å². The zero-order valence-electron chi connectivity index (χ0n) is 12.1. The lowest BCUT2D eigenvalue weighted by molar-refractivity contribution is -0.118. The minimum Gasteiger partial charge on any atom is -0.497 e. The summed E-state index contributed by atoms with van der Waals surface area (Å²) in [5.74, 6) is -0.284. The van der Waals surface area contributed by atoms with Crippen LogP contribution in [0.1, 0.15) is 10.4 Å². The Bertz CT molecular complexity index is 736. The van der Waals surface area contributed by atoms with E-state index in [-0.39, 0.29) is 22.9 Å². The zero-order chi connectivity index (χ0) is 16.8. The number of rotatable bonds is 6. The Morgan fingerprint density at radius 3 is 2.74 bits per heavy atom. The molecule has 0 saturated carbocycles. The fourth-order valence-corrected chi connectivity index (χ4v) is 1.97. The molecule has 1 amide bonds. The first kappa shape index (κ1) is 16.8. The van der Waals surface area contributed by atoms with Gasteiger partial charge in [-0.05, 0) is 36.4 Å². The molecule has 0 aliphatic rings. The van der Waals surface area contributed by atoms with Crippen molar-refractivity contribution in [2.24, 2.45) is 0 Å². The number of hydrogen-bond acceptors (Lipinski definition) is 4. The van der Waals surface area contributed by atoms with Crippen molar-refractivity contribution in [2.45, 2.75) is 0 Å². The summed E-state index contributed by atoms with van der Waals surface area (Å²) >= 11 is 5.63. The van der Waals surface area contributed by atoms with Gasteiger partial charge in [-0.25, -0.2) is 4.39 Å². The Morgan fingerprint density at radius 1 is 1.30 bits per heavy atom. The lowest BCUT2D eigenvalue weighted by Gasteiger charge is -2.10. The van der Waals surface area contributed by atoms with E-state index >= 15 is 0 Å². The molecule has 1 N–H and O–H groups in total. The first-order valence-corrected chi connectivity index (χ1v) is 6.92. The fourth-order valence-electron chi connectivity index (χ4n) is 1.79. The van der Waals surface area contributed by atoms with E-state index in [4.69, 9.17) is 21.1 Å². The number of aldehydes is 1. The first-order chi connectivity index (χ1) is 11.0. The molecule has 0 aromatic heterocycles. The molecule has 0 heterocycles. The second-order valence-electron chi connectivity index (χ2n) is 4.49. The molecule has 0 atom stereocenters. The third kappa shape index (κ3) is 4.43. The normalized spacial score (nSPS) is 10.0. The van der Waals surface area contributed by atoms with Gasteiger partial charge in [0.2, 0.25) is 0 Å². The predicted octanol–water partition coefficient (Wildman–Crippen LogP) is 3.32. The van der Waals surface area contributed by atoms with Gasteiger partial charge in [-0.3, -0.25) is 9.59 Å². The summed E-state index contributed by atoms with van der Waals surface area (Å²) in [5.41, 5.74) is 0.609. The van der Waals surface area contributed by atoms with E-state index in [1.54, 1.807) is 6.07 Å². The molecule has 0 saturated heterocycles. The standard InChI is InChI=1S/C16H13ClFNO4/c1-22-12-3-5-15(10(6-12)8-20)23-9-16(21)19-11-2-4-14(18)13(17)7-11/h2-8H,9H2,1H3,(H,19,21). The van der Waals surface area contributed by atoms with Crippen LogP contribution in [0.25, 0.3) is 0 Å².